The minimum Gasteiger partial charge on any atom is -0.480 e. The van der Waals surface area contributed by atoms with Gasteiger partial charge in [-0.3, -0.25) is 24.8 Å². The van der Waals surface area contributed by atoms with Gasteiger partial charge in [0.2, 0.25) is 0 Å². The largest absolute Gasteiger partial charge is 0.480 e. The van der Waals surface area contributed by atoms with E-state index in [0.29, 0.717) is 24.4 Å². The predicted molar refractivity (Wildman–Crippen MR) is 171 cm³/mol. The number of Topliss-reactive ketones (excluding diaryl/α,β-unsaturated/α-hetero) is 1. The van der Waals surface area contributed by atoms with Gasteiger partial charge in [0.25, 0.3) is 0 Å². The number of carboxylic acid groups (broad SMARTS) is 1. The number of halogens is 1. The van der Waals surface area contributed by atoms with Crippen molar-refractivity contribution in [2.45, 2.75) is 84.8 Å². The number of hydrogen-bond acceptors (Lipinski definition) is 5. The fourth-order valence-corrected chi connectivity index (χ4v) is 5.71. The average Bonchev–Trinajstić information content (AvgIpc) is 3.18. The summed E-state index contributed by atoms with van der Waals surface area (Å²) in [7, 11) is 0. The third-order valence-corrected chi connectivity index (χ3v) is 8.35. The van der Waals surface area contributed by atoms with Crippen LogP contribution in [0.1, 0.15) is 93.1 Å². The molecule has 2 aromatic rings. The fourth-order valence-electron chi connectivity index (χ4n) is 5.71. The van der Waals surface area contributed by atoms with Gasteiger partial charge in [-0.05, 0) is 57.7 Å². The molecule has 1 fully saturated rings. The first-order chi connectivity index (χ1) is 18.7. The molecule has 2 aliphatic rings. The molecule has 1 unspecified atom stereocenters. The molecule has 4 rings (SSSR count). The number of hydrogen-bond donors (Lipinski definition) is 2. The Morgan fingerprint density at radius 2 is 1.56 bits per heavy atom. The third-order valence-electron chi connectivity index (χ3n) is 8.35. The first-order valence-electron chi connectivity index (χ1n) is 14.5. The number of amidine groups is 1. The van der Waals surface area contributed by atoms with Crippen LogP contribution in [-0.4, -0.2) is 76.2 Å². The molecule has 0 amide bonds. The molecule has 2 heterocycles. The van der Waals surface area contributed by atoms with Crippen LogP contribution in [-0.2, 0) is 28.7 Å². The second-order valence-corrected chi connectivity index (χ2v) is 13.5. The monoisotopic (exact) mass is 626 g/mol. The standard InChI is InChI=1S/C33H46N4O3.BrH/c1-8-28(31(39)40)36-13-11-35(12-14-36)19-22-15-24(17-26(16-22)33(5,6)7)29(38)21-37-20-23-9-10-25(32(2,3)4)18-27(23)30(37)34;/h9-10,15-18,28,34H,8,11-14,19-21H2,1-7H3,(H,39,40);1H. The highest BCUT2D eigenvalue weighted by Crippen LogP contribution is 2.30. The molecule has 0 aliphatic carbocycles. The molecule has 1 saturated heterocycles. The number of ketones is 1. The van der Waals surface area contributed by atoms with Gasteiger partial charge >= 0.3 is 5.97 Å². The third kappa shape index (κ3) is 7.65. The van der Waals surface area contributed by atoms with E-state index in [0.717, 1.165) is 55.0 Å². The van der Waals surface area contributed by atoms with Crippen molar-refractivity contribution in [3.8, 4) is 0 Å². The molecule has 8 heteroatoms. The van der Waals surface area contributed by atoms with Crippen molar-refractivity contribution in [2.24, 2.45) is 0 Å². The Morgan fingerprint density at radius 1 is 0.927 bits per heavy atom. The van der Waals surface area contributed by atoms with Gasteiger partial charge in [0.05, 0.1) is 6.54 Å². The minimum atomic E-state index is -0.749. The van der Waals surface area contributed by atoms with Crippen LogP contribution < -0.4 is 0 Å². The van der Waals surface area contributed by atoms with E-state index in [2.05, 4.69) is 75.6 Å². The van der Waals surface area contributed by atoms with Crippen LogP contribution in [0, 0.1) is 5.41 Å². The van der Waals surface area contributed by atoms with Crippen molar-refractivity contribution >= 4 is 34.6 Å². The maximum absolute atomic E-state index is 13.6. The van der Waals surface area contributed by atoms with Gasteiger partial charge in [-0.2, -0.15) is 0 Å². The lowest BCUT2D eigenvalue weighted by Gasteiger charge is -2.37. The van der Waals surface area contributed by atoms with E-state index in [9.17, 15) is 14.7 Å². The summed E-state index contributed by atoms with van der Waals surface area (Å²) in [5, 5.41) is 18.3. The summed E-state index contributed by atoms with van der Waals surface area (Å²) < 4.78 is 0. The maximum atomic E-state index is 13.6. The Kier molecular flexibility index (Phi) is 10.3. The van der Waals surface area contributed by atoms with Crippen molar-refractivity contribution in [2.75, 3.05) is 32.7 Å². The maximum Gasteiger partial charge on any atom is 0.320 e. The number of carbonyl (C=O) groups is 2. The summed E-state index contributed by atoms with van der Waals surface area (Å²) in [5.41, 5.74) is 6.03. The zero-order chi connectivity index (χ0) is 29.4. The highest BCUT2D eigenvalue weighted by molar-refractivity contribution is 8.93. The number of benzene rings is 2. The molecule has 7 nitrogen and oxygen atoms in total. The lowest BCUT2D eigenvalue weighted by molar-refractivity contribution is -0.144. The van der Waals surface area contributed by atoms with E-state index in [1.54, 1.807) is 0 Å². The van der Waals surface area contributed by atoms with Crippen LogP contribution in [0.25, 0.3) is 0 Å². The lowest BCUT2D eigenvalue weighted by atomic mass is 9.84. The van der Waals surface area contributed by atoms with E-state index in [1.165, 1.54) is 5.56 Å². The first-order valence-corrected chi connectivity index (χ1v) is 14.5. The summed E-state index contributed by atoms with van der Waals surface area (Å²) in [6.07, 6.45) is 0.603. The van der Waals surface area contributed by atoms with Crippen LogP contribution in [0.15, 0.2) is 36.4 Å². The molecule has 0 aromatic heterocycles. The van der Waals surface area contributed by atoms with E-state index in [-0.39, 0.29) is 40.1 Å². The van der Waals surface area contributed by atoms with Crippen LogP contribution in [0.4, 0.5) is 0 Å². The van der Waals surface area contributed by atoms with E-state index in [1.807, 2.05) is 24.0 Å². The summed E-state index contributed by atoms with van der Waals surface area (Å²) in [4.78, 5) is 31.5. The van der Waals surface area contributed by atoms with Crippen LogP contribution in [0.5, 0.6) is 0 Å². The molecular weight excluding hydrogens is 580 g/mol. The molecule has 41 heavy (non-hydrogen) atoms. The van der Waals surface area contributed by atoms with Crippen molar-refractivity contribution in [1.29, 1.82) is 5.41 Å². The van der Waals surface area contributed by atoms with Gasteiger partial charge in [0.15, 0.2) is 5.78 Å². The number of rotatable bonds is 8. The Hall–Kier alpha value is -2.55. The number of nitrogens with zero attached hydrogens (tertiary/aromatic N) is 3. The molecule has 2 N–H and O–H groups in total. The smallest absolute Gasteiger partial charge is 0.320 e. The molecule has 0 saturated carbocycles. The van der Waals surface area contributed by atoms with Gasteiger partial charge in [-0.25, -0.2) is 0 Å². The van der Waals surface area contributed by atoms with Crippen LogP contribution >= 0.6 is 17.0 Å². The highest BCUT2D eigenvalue weighted by Gasteiger charge is 2.30. The van der Waals surface area contributed by atoms with Crippen molar-refractivity contribution < 1.29 is 14.7 Å². The van der Waals surface area contributed by atoms with E-state index < -0.39 is 12.0 Å². The normalized spacial score (nSPS) is 17.2. The zero-order valence-electron chi connectivity index (χ0n) is 25.7. The van der Waals surface area contributed by atoms with Crippen molar-refractivity contribution in [1.82, 2.24) is 14.7 Å². The summed E-state index contributed by atoms with van der Waals surface area (Å²) in [5.74, 6) is -0.301. The topological polar surface area (TPSA) is 87.9 Å². The predicted octanol–water partition coefficient (Wildman–Crippen LogP) is 5.86. The molecule has 2 aromatic carbocycles. The van der Waals surface area contributed by atoms with Gasteiger partial charge in [0, 0.05) is 50.4 Å². The number of aliphatic carboxylic acids is 1. The van der Waals surface area contributed by atoms with E-state index in [4.69, 9.17) is 5.41 Å². The van der Waals surface area contributed by atoms with Crippen molar-refractivity contribution in [3.05, 3.63) is 69.8 Å². The molecule has 224 valence electrons. The molecule has 0 bridgehead atoms. The number of fused-ring (bicyclic) bond motifs is 1. The van der Waals surface area contributed by atoms with Crippen LogP contribution in [0.2, 0.25) is 0 Å². The Morgan fingerprint density at radius 3 is 2.12 bits per heavy atom. The zero-order valence-corrected chi connectivity index (χ0v) is 27.4. The summed E-state index contributed by atoms with van der Waals surface area (Å²) in [6.45, 7) is 19.5. The number of carboxylic acids is 1. The summed E-state index contributed by atoms with van der Waals surface area (Å²) >= 11 is 0. The van der Waals surface area contributed by atoms with Gasteiger partial charge in [-0.1, -0.05) is 66.7 Å². The Balaban J connectivity index is 0.00000462. The molecule has 0 spiro atoms. The number of carbonyl (C=O) groups excluding carboxylic acids is 1. The Bertz CT molecular complexity index is 1290. The van der Waals surface area contributed by atoms with Crippen LogP contribution in [0.3, 0.4) is 0 Å². The van der Waals surface area contributed by atoms with Gasteiger partial charge < -0.3 is 10.0 Å². The van der Waals surface area contributed by atoms with Gasteiger partial charge in [-0.15, -0.1) is 17.0 Å². The number of piperazine rings is 1. The number of nitrogens with one attached hydrogen (secondary N) is 1. The molecule has 2 aliphatic heterocycles. The summed E-state index contributed by atoms with van der Waals surface area (Å²) in [6, 6.07) is 12.2. The second kappa shape index (κ2) is 12.8. The molecular formula is C33H47BrN4O3. The van der Waals surface area contributed by atoms with E-state index >= 15 is 0 Å². The van der Waals surface area contributed by atoms with Gasteiger partial charge in [0.1, 0.15) is 11.9 Å². The molecule has 1 atom stereocenters. The fraction of sp³-hybridized carbons (Fsp3) is 0.545. The minimum absolute atomic E-state index is 0. The second-order valence-electron chi connectivity index (χ2n) is 13.5. The Labute approximate surface area is 256 Å². The SMILES string of the molecule is Br.CCC(C(=O)O)N1CCN(Cc2cc(C(=O)CN3Cc4ccc(C(C)(C)C)cc4C3=N)cc(C(C)(C)C)c2)CC1. The lowest BCUT2D eigenvalue weighted by Crippen LogP contribution is -2.52. The van der Waals surface area contributed by atoms with Crippen molar-refractivity contribution in [3.63, 3.8) is 0 Å². The highest BCUT2D eigenvalue weighted by atomic mass is 79.9. The average molecular weight is 628 g/mol. The molecule has 0 radical (unpaired) electrons. The first kappa shape index (κ1) is 33.0. The quantitative estimate of drug-likeness (QED) is 0.357.